The van der Waals surface area contributed by atoms with Gasteiger partial charge in [0.15, 0.2) is 11.5 Å². The molecule has 2 aromatic rings. The Hall–Kier alpha value is -3.02. The van der Waals surface area contributed by atoms with Crippen molar-refractivity contribution in [2.45, 2.75) is 59.3 Å². The summed E-state index contributed by atoms with van der Waals surface area (Å²) in [7, 11) is 4.84. The summed E-state index contributed by atoms with van der Waals surface area (Å²) in [5, 5.41) is 0. The van der Waals surface area contributed by atoms with Crippen LogP contribution in [0.4, 0.5) is 0 Å². The second kappa shape index (κ2) is 13.5. The van der Waals surface area contributed by atoms with Crippen molar-refractivity contribution >= 4 is 12.0 Å². The van der Waals surface area contributed by atoms with Gasteiger partial charge >= 0.3 is 5.97 Å². The molecule has 0 bridgehead atoms. The Bertz CT molecular complexity index is 938. The molecule has 0 spiro atoms. The lowest BCUT2D eigenvalue weighted by atomic mass is 9.96. The molecular weight excluding hydrogens is 418 g/mol. The number of esters is 1. The number of rotatable bonds is 13. The molecule has 1 aromatic heterocycles. The smallest absolute Gasteiger partial charge is 0.334 e. The minimum absolute atomic E-state index is 0.290. The van der Waals surface area contributed by atoms with Gasteiger partial charge in [0.25, 0.3) is 0 Å². The Kier molecular flexibility index (Phi) is 10.7. The average molecular weight is 456 g/mol. The van der Waals surface area contributed by atoms with Crippen LogP contribution in [-0.4, -0.2) is 38.9 Å². The minimum Gasteiger partial charge on any atom is -0.496 e. The zero-order valence-electron chi connectivity index (χ0n) is 20.8. The van der Waals surface area contributed by atoms with Crippen molar-refractivity contribution in [3.8, 4) is 17.2 Å². The van der Waals surface area contributed by atoms with Gasteiger partial charge in [-0.2, -0.15) is 0 Å². The molecule has 0 radical (unpaired) electrons. The van der Waals surface area contributed by atoms with Crippen molar-refractivity contribution in [3.63, 3.8) is 0 Å². The molecule has 0 aliphatic carbocycles. The third-order valence-electron chi connectivity index (χ3n) is 5.73. The third-order valence-corrected chi connectivity index (χ3v) is 5.73. The van der Waals surface area contributed by atoms with Gasteiger partial charge in [-0.15, -0.1) is 0 Å². The van der Waals surface area contributed by atoms with E-state index in [-0.39, 0.29) is 5.97 Å². The van der Waals surface area contributed by atoms with Crippen molar-refractivity contribution in [3.05, 3.63) is 52.4 Å². The number of methoxy groups -OCH3 is 3. The van der Waals surface area contributed by atoms with Gasteiger partial charge in [0.05, 0.1) is 27.9 Å². The first kappa shape index (κ1) is 26.2. The Balaban J connectivity index is 2.19. The topological polar surface area (TPSA) is 66.9 Å². The molecule has 0 fully saturated rings. The van der Waals surface area contributed by atoms with Gasteiger partial charge < -0.3 is 18.9 Å². The van der Waals surface area contributed by atoms with E-state index in [4.69, 9.17) is 18.9 Å². The summed E-state index contributed by atoms with van der Waals surface area (Å²) in [4.78, 5) is 16.9. The van der Waals surface area contributed by atoms with Crippen LogP contribution in [0.2, 0.25) is 0 Å². The summed E-state index contributed by atoms with van der Waals surface area (Å²) in [6.45, 7) is 6.02. The van der Waals surface area contributed by atoms with Crippen LogP contribution in [0.1, 0.15) is 61.3 Å². The van der Waals surface area contributed by atoms with E-state index in [1.54, 1.807) is 27.5 Å². The van der Waals surface area contributed by atoms with Crippen LogP contribution in [0.3, 0.4) is 0 Å². The van der Waals surface area contributed by atoms with E-state index in [1.165, 1.54) is 5.56 Å². The normalized spacial score (nSPS) is 11.3. The summed E-state index contributed by atoms with van der Waals surface area (Å²) in [6.07, 6.45) is 11.4. The minimum atomic E-state index is -0.290. The first-order valence-corrected chi connectivity index (χ1v) is 11.5. The second-order valence-electron chi connectivity index (χ2n) is 7.93. The molecule has 1 aromatic carbocycles. The van der Waals surface area contributed by atoms with Gasteiger partial charge in [0, 0.05) is 34.7 Å². The maximum absolute atomic E-state index is 12.7. The molecule has 0 aliphatic rings. The molecule has 0 unspecified atom stereocenters. The Labute approximate surface area is 197 Å². The number of carbonyl (C=O) groups excluding carboxylic acids is 1. The SMILES string of the molecule is CCOC(=O)/C(=C/c1c(C)c(OC)c(OC)c(C)c1OC)CCCCCCc1cccnc1. The van der Waals surface area contributed by atoms with Crippen LogP contribution in [0.15, 0.2) is 30.1 Å². The van der Waals surface area contributed by atoms with Crippen molar-refractivity contribution < 1.29 is 23.7 Å². The average Bonchev–Trinajstić information content (AvgIpc) is 2.82. The highest BCUT2D eigenvalue weighted by molar-refractivity contribution is 5.95. The Morgan fingerprint density at radius 3 is 2.21 bits per heavy atom. The maximum atomic E-state index is 12.7. The summed E-state index contributed by atoms with van der Waals surface area (Å²) >= 11 is 0. The Morgan fingerprint density at radius 2 is 1.61 bits per heavy atom. The molecule has 0 saturated carbocycles. The van der Waals surface area contributed by atoms with Gasteiger partial charge in [-0.1, -0.05) is 18.9 Å². The molecule has 0 amide bonds. The standard InChI is InChI=1S/C27H37NO5/c1-7-33-27(29)22(15-11-9-8-10-13-21-14-12-16-28-18-21)17-23-19(2)25(31-5)26(32-6)20(3)24(23)30-4/h12,14,16-18H,7-11,13,15H2,1-6H3/b22-17+. The highest BCUT2D eigenvalue weighted by Gasteiger charge is 2.22. The summed E-state index contributed by atoms with van der Waals surface area (Å²) < 4.78 is 22.2. The number of pyridine rings is 1. The highest BCUT2D eigenvalue weighted by Crippen LogP contribution is 2.44. The predicted octanol–water partition coefficient (Wildman–Crippen LogP) is 5.86. The van der Waals surface area contributed by atoms with E-state index in [1.807, 2.05) is 39.1 Å². The highest BCUT2D eigenvalue weighted by atomic mass is 16.5. The third kappa shape index (κ3) is 6.98. The Morgan fingerprint density at radius 1 is 0.939 bits per heavy atom. The number of ether oxygens (including phenoxy) is 4. The van der Waals surface area contributed by atoms with Gasteiger partial charge in [-0.3, -0.25) is 4.98 Å². The first-order chi connectivity index (χ1) is 16.0. The van der Waals surface area contributed by atoms with Crippen molar-refractivity contribution in [2.75, 3.05) is 27.9 Å². The van der Waals surface area contributed by atoms with Gasteiger partial charge in [-0.25, -0.2) is 4.79 Å². The van der Waals surface area contributed by atoms with E-state index in [2.05, 4.69) is 11.1 Å². The lowest BCUT2D eigenvalue weighted by Gasteiger charge is -2.20. The number of benzene rings is 1. The van der Waals surface area contributed by atoms with E-state index in [9.17, 15) is 4.79 Å². The fourth-order valence-corrected chi connectivity index (χ4v) is 4.04. The molecule has 2 rings (SSSR count). The van der Waals surface area contributed by atoms with E-state index in [0.29, 0.717) is 35.8 Å². The van der Waals surface area contributed by atoms with Gasteiger partial charge in [0.1, 0.15) is 5.75 Å². The van der Waals surface area contributed by atoms with Crippen molar-refractivity contribution in [2.24, 2.45) is 0 Å². The molecule has 33 heavy (non-hydrogen) atoms. The number of hydrogen-bond acceptors (Lipinski definition) is 6. The van der Waals surface area contributed by atoms with E-state index < -0.39 is 0 Å². The molecule has 1 heterocycles. The van der Waals surface area contributed by atoms with Crippen LogP contribution in [0.5, 0.6) is 17.2 Å². The van der Waals surface area contributed by atoms with E-state index in [0.717, 1.165) is 48.8 Å². The second-order valence-corrected chi connectivity index (χ2v) is 7.93. The van der Waals surface area contributed by atoms with Crippen LogP contribution >= 0.6 is 0 Å². The molecule has 0 N–H and O–H groups in total. The summed E-state index contributed by atoms with van der Waals surface area (Å²) in [6, 6.07) is 4.08. The largest absolute Gasteiger partial charge is 0.496 e. The molecule has 180 valence electrons. The van der Waals surface area contributed by atoms with Crippen LogP contribution in [0, 0.1) is 13.8 Å². The number of nitrogens with zero attached hydrogens (tertiary/aromatic N) is 1. The van der Waals surface area contributed by atoms with Crippen LogP contribution in [-0.2, 0) is 16.0 Å². The maximum Gasteiger partial charge on any atom is 0.334 e. The number of aryl methyl sites for hydroxylation is 1. The first-order valence-electron chi connectivity index (χ1n) is 11.5. The molecule has 6 nitrogen and oxygen atoms in total. The van der Waals surface area contributed by atoms with Crippen LogP contribution in [0.25, 0.3) is 6.08 Å². The summed E-state index contributed by atoms with van der Waals surface area (Å²) in [5.41, 5.74) is 4.39. The molecular formula is C27H37NO5. The predicted molar refractivity (Wildman–Crippen MR) is 131 cm³/mol. The fourth-order valence-electron chi connectivity index (χ4n) is 4.04. The van der Waals surface area contributed by atoms with E-state index >= 15 is 0 Å². The number of unbranched alkanes of at least 4 members (excludes halogenated alkanes) is 3. The molecule has 0 aliphatic heterocycles. The van der Waals surface area contributed by atoms with Crippen LogP contribution < -0.4 is 14.2 Å². The molecule has 6 heteroatoms. The number of aromatic nitrogens is 1. The van der Waals surface area contributed by atoms with Gasteiger partial charge in [0.2, 0.25) is 0 Å². The number of hydrogen-bond donors (Lipinski definition) is 0. The fraction of sp³-hybridized carbons (Fsp3) is 0.481. The lowest BCUT2D eigenvalue weighted by Crippen LogP contribution is -2.09. The number of carbonyl (C=O) groups is 1. The zero-order chi connectivity index (χ0) is 24.2. The molecule has 0 atom stereocenters. The summed E-state index contributed by atoms with van der Waals surface area (Å²) in [5.74, 6) is 1.65. The quantitative estimate of drug-likeness (QED) is 0.214. The van der Waals surface area contributed by atoms with Crippen molar-refractivity contribution in [1.82, 2.24) is 4.98 Å². The van der Waals surface area contributed by atoms with Gasteiger partial charge in [-0.05, 0) is 64.2 Å². The van der Waals surface area contributed by atoms with Crippen molar-refractivity contribution in [1.29, 1.82) is 0 Å². The monoisotopic (exact) mass is 455 g/mol. The zero-order valence-corrected chi connectivity index (χ0v) is 20.8. The lowest BCUT2D eigenvalue weighted by molar-refractivity contribution is -0.138. The molecule has 0 saturated heterocycles.